The summed E-state index contributed by atoms with van der Waals surface area (Å²) in [5, 5.41) is 13.1. The second kappa shape index (κ2) is 6.06. The maximum atomic E-state index is 10.9. The molecule has 88 valence electrons. The molecule has 1 unspecified atom stereocenters. The summed E-state index contributed by atoms with van der Waals surface area (Å²) in [6.45, 7) is -0.0320. The maximum Gasteiger partial charge on any atom is 0.233 e. The number of aliphatic hydroxyl groups is 1. The molecule has 4 nitrogen and oxygen atoms in total. The summed E-state index contributed by atoms with van der Waals surface area (Å²) in [7, 11) is 0. The van der Waals surface area contributed by atoms with Crippen molar-refractivity contribution in [2.45, 2.75) is 6.10 Å². The van der Waals surface area contributed by atoms with Crippen molar-refractivity contribution in [1.82, 2.24) is 5.32 Å². The van der Waals surface area contributed by atoms with E-state index in [1.165, 1.54) is 0 Å². The van der Waals surface area contributed by atoms with Gasteiger partial charge in [-0.25, -0.2) is 0 Å². The molecule has 0 radical (unpaired) electrons. The number of halogens is 2. The summed E-state index contributed by atoms with van der Waals surface area (Å²) in [6, 6.07) is 4.75. The first kappa shape index (κ1) is 13.3. The van der Waals surface area contributed by atoms with E-state index < -0.39 is 6.10 Å². The number of nitrogens with two attached hydrogens (primary N) is 1. The summed E-state index contributed by atoms with van der Waals surface area (Å²) in [5.41, 5.74) is 5.66. The normalized spacial score (nSPS) is 12.2. The molecule has 0 heterocycles. The number of nitrogens with one attached hydrogen (secondary N) is 1. The van der Waals surface area contributed by atoms with Gasteiger partial charge < -0.3 is 16.2 Å². The zero-order valence-corrected chi connectivity index (χ0v) is 9.92. The Balaban J connectivity index is 2.65. The van der Waals surface area contributed by atoms with Crippen molar-refractivity contribution in [3.63, 3.8) is 0 Å². The molecule has 1 rings (SSSR count). The van der Waals surface area contributed by atoms with Gasteiger partial charge in [0.2, 0.25) is 5.91 Å². The third-order valence-corrected chi connectivity index (χ3v) is 2.38. The molecule has 1 atom stereocenters. The van der Waals surface area contributed by atoms with Gasteiger partial charge in [-0.3, -0.25) is 4.79 Å². The van der Waals surface area contributed by atoms with Crippen LogP contribution in [0.5, 0.6) is 0 Å². The van der Waals surface area contributed by atoms with E-state index in [2.05, 4.69) is 5.32 Å². The maximum absolute atomic E-state index is 10.9. The van der Waals surface area contributed by atoms with Crippen LogP contribution in [0.15, 0.2) is 18.2 Å². The molecule has 0 spiro atoms. The van der Waals surface area contributed by atoms with Crippen LogP contribution in [-0.4, -0.2) is 24.1 Å². The third-order valence-electron chi connectivity index (χ3n) is 1.95. The quantitative estimate of drug-likeness (QED) is 0.761. The fraction of sp³-hybridized carbons (Fsp3) is 0.300. The largest absolute Gasteiger partial charge is 0.387 e. The molecule has 0 aliphatic heterocycles. The molecule has 0 bridgehead atoms. The second-order valence-corrected chi connectivity index (χ2v) is 4.10. The number of rotatable bonds is 4. The van der Waals surface area contributed by atoms with Crippen LogP contribution < -0.4 is 11.1 Å². The number of benzene rings is 1. The Labute approximate surface area is 103 Å². The Morgan fingerprint density at radius 1 is 1.38 bits per heavy atom. The highest BCUT2D eigenvalue weighted by Crippen LogP contribution is 2.23. The van der Waals surface area contributed by atoms with E-state index in [1.807, 2.05) is 0 Å². The summed E-state index contributed by atoms with van der Waals surface area (Å²) in [6.07, 6.45) is -0.855. The van der Waals surface area contributed by atoms with Gasteiger partial charge in [0.05, 0.1) is 12.6 Å². The number of aliphatic hydroxyl groups excluding tert-OH is 1. The van der Waals surface area contributed by atoms with Crippen molar-refractivity contribution in [1.29, 1.82) is 0 Å². The first-order valence-corrected chi connectivity index (χ1v) is 5.39. The van der Waals surface area contributed by atoms with Crippen molar-refractivity contribution < 1.29 is 9.90 Å². The minimum absolute atomic E-state index is 0.0761. The molecule has 1 aromatic rings. The minimum atomic E-state index is -0.855. The molecule has 1 aromatic carbocycles. The SMILES string of the molecule is NCC(=O)NCC(O)c1cc(Cl)cc(Cl)c1. The van der Waals surface area contributed by atoms with Crippen LogP contribution in [-0.2, 0) is 4.79 Å². The van der Waals surface area contributed by atoms with Crippen LogP contribution >= 0.6 is 23.2 Å². The standard InChI is InChI=1S/C10H12Cl2N2O2/c11-7-1-6(2-8(12)3-7)9(15)5-14-10(16)4-13/h1-3,9,15H,4-5,13H2,(H,14,16). The Hall–Kier alpha value is -0.810. The molecule has 0 saturated carbocycles. The van der Waals surface area contributed by atoms with Gasteiger partial charge in [-0.05, 0) is 23.8 Å². The van der Waals surface area contributed by atoms with Gasteiger partial charge in [-0.15, -0.1) is 0 Å². The number of amides is 1. The smallest absolute Gasteiger partial charge is 0.233 e. The monoisotopic (exact) mass is 262 g/mol. The van der Waals surface area contributed by atoms with Crippen LogP contribution in [0.3, 0.4) is 0 Å². The topological polar surface area (TPSA) is 75.4 Å². The van der Waals surface area contributed by atoms with E-state index in [9.17, 15) is 9.90 Å². The van der Waals surface area contributed by atoms with Crippen molar-refractivity contribution in [2.24, 2.45) is 5.73 Å². The van der Waals surface area contributed by atoms with E-state index in [-0.39, 0.29) is 19.0 Å². The van der Waals surface area contributed by atoms with Crippen LogP contribution in [0, 0.1) is 0 Å². The molecule has 0 saturated heterocycles. The summed E-state index contributed by atoms with van der Waals surface area (Å²) < 4.78 is 0. The van der Waals surface area contributed by atoms with Crippen LogP contribution in [0.2, 0.25) is 10.0 Å². The number of carbonyl (C=O) groups excluding carboxylic acids is 1. The van der Waals surface area contributed by atoms with E-state index in [4.69, 9.17) is 28.9 Å². The van der Waals surface area contributed by atoms with E-state index in [1.54, 1.807) is 18.2 Å². The molecule has 6 heteroatoms. The van der Waals surface area contributed by atoms with Crippen LogP contribution in [0.25, 0.3) is 0 Å². The van der Waals surface area contributed by atoms with E-state index >= 15 is 0 Å². The summed E-state index contributed by atoms with van der Waals surface area (Å²) in [5.74, 6) is -0.327. The Kier molecular flexibility index (Phi) is 5.02. The number of hydrogen-bond acceptors (Lipinski definition) is 3. The molecule has 1 amide bonds. The fourth-order valence-electron chi connectivity index (χ4n) is 1.17. The second-order valence-electron chi connectivity index (χ2n) is 3.23. The van der Waals surface area contributed by atoms with E-state index in [0.717, 1.165) is 0 Å². The van der Waals surface area contributed by atoms with Gasteiger partial charge in [0.15, 0.2) is 0 Å². The van der Waals surface area contributed by atoms with E-state index in [0.29, 0.717) is 15.6 Å². The molecule has 0 aromatic heterocycles. The lowest BCUT2D eigenvalue weighted by Crippen LogP contribution is -2.33. The summed E-state index contributed by atoms with van der Waals surface area (Å²) >= 11 is 11.6. The Morgan fingerprint density at radius 3 is 2.44 bits per heavy atom. The molecular weight excluding hydrogens is 251 g/mol. The molecule has 0 aliphatic carbocycles. The summed E-state index contributed by atoms with van der Waals surface area (Å²) in [4.78, 5) is 10.9. The van der Waals surface area contributed by atoms with Crippen LogP contribution in [0.1, 0.15) is 11.7 Å². The first-order chi connectivity index (χ1) is 7.52. The van der Waals surface area contributed by atoms with Crippen molar-refractivity contribution >= 4 is 29.1 Å². The highest BCUT2D eigenvalue weighted by atomic mass is 35.5. The third kappa shape index (κ3) is 3.98. The zero-order chi connectivity index (χ0) is 12.1. The molecular formula is C10H12Cl2N2O2. The lowest BCUT2D eigenvalue weighted by atomic mass is 10.1. The average Bonchev–Trinajstić information content (AvgIpc) is 2.23. The molecule has 16 heavy (non-hydrogen) atoms. The van der Waals surface area contributed by atoms with Gasteiger partial charge in [0, 0.05) is 16.6 Å². The zero-order valence-electron chi connectivity index (χ0n) is 8.41. The van der Waals surface area contributed by atoms with Crippen LogP contribution in [0.4, 0.5) is 0 Å². The van der Waals surface area contributed by atoms with Gasteiger partial charge in [0.25, 0.3) is 0 Å². The van der Waals surface area contributed by atoms with Gasteiger partial charge >= 0.3 is 0 Å². The number of carbonyl (C=O) groups is 1. The lowest BCUT2D eigenvalue weighted by molar-refractivity contribution is -0.120. The minimum Gasteiger partial charge on any atom is -0.387 e. The Bertz CT molecular complexity index is 365. The number of hydrogen-bond donors (Lipinski definition) is 3. The van der Waals surface area contributed by atoms with Gasteiger partial charge in [-0.1, -0.05) is 23.2 Å². The Morgan fingerprint density at radius 2 is 1.94 bits per heavy atom. The van der Waals surface area contributed by atoms with Crippen molar-refractivity contribution in [3.05, 3.63) is 33.8 Å². The van der Waals surface area contributed by atoms with Gasteiger partial charge in [-0.2, -0.15) is 0 Å². The van der Waals surface area contributed by atoms with Crippen molar-refractivity contribution in [3.8, 4) is 0 Å². The lowest BCUT2D eigenvalue weighted by Gasteiger charge is -2.12. The molecule has 4 N–H and O–H groups in total. The van der Waals surface area contributed by atoms with Crippen molar-refractivity contribution in [2.75, 3.05) is 13.1 Å². The average molecular weight is 263 g/mol. The predicted octanol–water partition coefficient (Wildman–Crippen LogP) is 1.10. The molecule has 0 fully saturated rings. The highest BCUT2D eigenvalue weighted by Gasteiger charge is 2.10. The highest BCUT2D eigenvalue weighted by molar-refractivity contribution is 6.34. The fourth-order valence-corrected chi connectivity index (χ4v) is 1.71. The predicted molar refractivity (Wildman–Crippen MR) is 63.5 cm³/mol. The molecule has 0 aliphatic rings. The first-order valence-electron chi connectivity index (χ1n) is 4.63. The van der Waals surface area contributed by atoms with Gasteiger partial charge in [0.1, 0.15) is 0 Å².